The molecule has 3 saturated heterocycles. The predicted molar refractivity (Wildman–Crippen MR) is 144 cm³/mol. The Kier molecular flexibility index (Phi) is 7.14. The first-order chi connectivity index (χ1) is 18.9. The highest BCUT2D eigenvalue weighted by atomic mass is 16.5. The molecule has 0 aromatic heterocycles. The van der Waals surface area contributed by atoms with Crippen LogP contribution in [0, 0.1) is 17.8 Å². The number of nitrogens with zero attached hydrogens (tertiary/aromatic N) is 1. The van der Waals surface area contributed by atoms with Crippen LogP contribution in [0.2, 0.25) is 0 Å². The van der Waals surface area contributed by atoms with Crippen LogP contribution in [-0.4, -0.2) is 72.3 Å². The zero-order valence-corrected chi connectivity index (χ0v) is 22.8. The summed E-state index contributed by atoms with van der Waals surface area (Å²) in [6.45, 7) is 5.63. The predicted octanol–water partition coefficient (Wildman–Crippen LogP) is 3.05. The molecule has 9 nitrogen and oxygen atoms in total. The van der Waals surface area contributed by atoms with Gasteiger partial charge in [0, 0.05) is 24.9 Å². The summed E-state index contributed by atoms with van der Waals surface area (Å²) in [6.07, 6.45) is 9.08. The molecule has 1 aromatic rings. The lowest BCUT2D eigenvalue weighted by Gasteiger charge is -2.36. The number of ether oxygens (including phenoxy) is 3. The highest BCUT2D eigenvalue weighted by molar-refractivity contribution is 6.02. The fourth-order valence-electron chi connectivity index (χ4n) is 7.29. The second-order valence-corrected chi connectivity index (χ2v) is 11.7. The molecule has 4 fully saturated rings. The number of hydrogen-bond acceptors (Lipinski definition) is 6. The van der Waals surface area contributed by atoms with Gasteiger partial charge in [-0.05, 0) is 62.8 Å². The Labute approximate surface area is 229 Å². The van der Waals surface area contributed by atoms with Gasteiger partial charge in [-0.2, -0.15) is 0 Å². The van der Waals surface area contributed by atoms with E-state index in [0.717, 1.165) is 37.9 Å². The third-order valence-corrected chi connectivity index (χ3v) is 9.22. The normalized spacial score (nSPS) is 36.7. The summed E-state index contributed by atoms with van der Waals surface area (Å²) in [6, 6.07) is 6.40. The quantitative estimate of drug-likeness (QED) is 0.494. The Morgan fingerprint density at radius 3 is 2.62 bits per heavy atom. The maximum atomic E-state index is 14.1. The largest absolute Gasteiger partial charge is 0.494 e. The van der Waals surface area contributed by atoms with Crippen molar-refractivity contribution in [2.24, 2.45) is 17.8 Å². The van der Waals surface area contributed by atoms with Crippen molar-refractivity contribution in [3.8, 4) is 5.75 Å². The molecule has 39 heavy (non-hydrogen) atoms. The number of nitrogens with one attached hydrogen (secondary N) is 2. The van der Waals surface area contributed by atoms with E-state index in [2.05, 4.69) is 17.6 Å². The average Bonchev–Trinajstić information content (AvgIpc) is 3.70. The van der Waals surface area contributed by atoms with Gasteiger partial charge in [-0.15, -0.1) is 0 Å². The minimum Gasteiger partial charge on any atom is -0.494 e. The first-order valence-corrected chi connectivity index (χ1v) is 14.5. The van der Waals surface area contributed by atoms with Crippen LogP contribution in [-0.2, 0) is 23.9 Å². The van der Waals surface area contributed by atoms with Gasteiger partial charge in [-0.25, -0.2) is 0 Å². The van der Waals surface area contributed by atoms with Crippen LogP contribution in [0.15, 0.2) is 36.4 Å². The van der Waals surface area contributed by atoms with Crippen LogP contribution >= 0.6 is 0 Å². The maximum Gasteiger partial charge on any atom is 0.246 e. The third-order valence-electron chi connectivity index (χ3n) is 9.22. The van der Waals surface area contributed by atoms with Crippen molar-refractivity contribution in [3.63, 3.8) is 0 Å². The van der Waals surface area contributed by atoms with Crippen molar-refractivity contribution >= 4 is 23.4 Å². The molecule has 9 heteroatoms. The molecule has 8 atom stereocenters. The second-order valence-electron chi connectivity index (χ2n) is 11.7. The molecule has 4 heterocycles. The summed E-state index contributed by atoms with van der Waals surface area (Å²) in [4.78, 5) is 43.4. The average molecular weight is 538 g/mol. The lowest BCUT2D eigenvalue weighted by molar-refractivity contribution is -0.143. The fourth-order valence-corrected chi connectivity index (χ4v) is 7.29. The van der Waals surface area contributed by atoms with Crippen LogP contribution in [0.4, 0.5) is 5.69 Å². The van der Waals surface area contributed by atoms with Gasteiger partial charge in [0.15, 0.2) is 0 Å². The first kappa shape index (κ1) is 26.3. The Morgan fingerprint density at radius 1 is 1.10 bits per heavy atom. The van der Waals surface area contributed by atoms with Crippen molar-refractivity contribution < 1.29 is 28.6 Å². The van der Waals surface area contributed by atoms with Gasteiger partial charge in [-0.1, -0.05) is 31.9 Å². The smallest absolute Gasteiger partial charge is 0.246 e. The fraction of sp³-hybridized carbons (Fsp3) is 0.633. The van der Waals surface area contributed by atoms with Crippen molar-refractivity contribution in [1.82, 2.24) is 10.2 Å². The Hall–Kier alpha value is -2.91. The lowest BCUT2D eigenvalue weighted by atomic mass is 9.74. The van der Waals surface area contributed by atoms with Crippen molar-refractivity contribution in [1.29, 1.82) is 0 Å². The van der Waals surface area contributed by atoms with Gasteiger partial charge >= 0.3 is 0 Å². The van der Waals surface area contributed by atoms with Gasteiger partial charge in [0.2, 0.25) is 17.7 Å². The summed E-state index contributed by atoms with van der Waals surface area (Å²) in [5.41, 5.74) is -0.546. The molecule has 1 saturated carbocycles. The SMILES string of the molecule is CCOc1ccc(NC(=O)C2[C@@H]3C=CC4(O3)C(C(=O)NC3CCCCC3C)N(CC3CCCO3)C(=O)[C@H]24)cc1. The summed E-state index contributed by atoms with van der Waals surface area (Å²) < 4.78 is 17.8. The highest BCUT2D eigenvalue weighted by Crippen LogP contribution is 2.55. The molecule has 3 amide bonds. The van der Waals surface area contributed by atoms with E-state index in [0.29, 0.717) is 31.4 Å². The third kappa shape index (κ3) is 4.63. The molecule has 5 aliphatic rings. The van der Waals surface area contributed by atoms with Gasteiger partial charge < -0.3 is 29.7 Å². The van der Waals surface area contributed by atoms with Gasteiger partial charge in [-0.3, -0.25) is 14.4 Å². The number of anilines is 1. The van der Waals surface area contributed by atoms with E-state index in [1.165, 1.54) is 6.42 Å². The Bertz CT molecular complexity index is 1130. The zero-order valence-electron chi connectivity index (χ0n) is 22.8. The summed E-state index contributed by atoms with van der Waals surface area (Å²) in [5.74, 6) is -1.08. The first-order valence-electron chi connectivity index (χ1n) is 14.5. The second kappa shape index (κ2) is 10.6. The van der Waals surface area contributed by atoms with Crippen molar-refractivity contribution in [3.05, 3.63) is 36.4 Å². The van der Waals surface area contributed by atoms with Crippen LogP contribution in [0.25, 0.3) is 0 Å². The molecule has 1 spiro atoms. The van der Waals surface area contributed by atoms with Gasteiger partial charge in [0.05, 0.1) is 30.7 Å². The minimum atomic E-state index is -1.16. The molecule has 1 aliphatic carbocycles. The standard InChI is InChI=1S/C30H39N3O6/c1-3-37-20-12-10-19(11-13-20)31-27(34)24-23-14-15-30(39-23)25(24)29(36)33(17-21-8-6-16-38-21)26(30)28(35)32-22-9-5-4-7-18(22)2/h10-15,18,21-26H,3-9,16-17H2,1-2H3,(H,31,34)(H,32,35)/t18?,21?,22?,23-,24?,25-,26?,30?/m0/s1. The molecule has 210 valence electrons. The monoisotopic (exact) mass is 537 g/mol. The summed E-state index contributed by atoms with van der Waals surface area (Å²) in [5, 5.41) is 6.24. The van der Waals surface area contributed by atoms with Gasteiger partial charge in [0.1, 0.15) is 17.4 Å². The van der Waals surface area contributed by atoms with E-state index in [1.54, 1.807) is 29.2 Å². The van der Waals surface area contributed by atoms with E-state index in [-0.39, 0.29) is 29.9 Å². The van der Waals surface area contributed by atoms with Crippen molar-refractivity contribution in [2.45, 2.75) is 82.3 Å². The number of carbonyl (C=O) groups excluding carboxylic acids is 3. The molecular weight excluding hydrogens is 498 g/mol. The summed E-state index contributed by atoms with van der Waals surface area (Å²) in [7, 11) is 0. The number of likely N-dealkylation sites (tertiary alicyclic amines) is 1. The van der Waals surface area contributed by atoms with E-state index in [1.807, 2.05) is 19.1 Å². The highest BCUT2D eigenvalue weighted by Gasteiger charge is 2.73. The number of fused-ring (bicyclic) bond motifs is 1. The number of rotatable bonds is 8. The van der Waals surface area contributed by atoms with E-state index >= 15 is 0 Å². The minimum absolute atomic E-state index is 0.0720. The Morgan fingerprint density at radius 2 is 1.90 bits per heavy atom. The summed E-state index contributed by atoms with van der Waals surface area (Å²) >= 11 is 0. The number of hydrogen-bond donors (Lipinski definition) is 2. The molecule has 6 unspecified atom stereocenters. The maximum absolute atomic E-state index is 14.1. The number of carbonyl (C=O) groups is 3. The molecule has 2 N–H and O–H groups in total. The molecular formula is C30H39N3O6. The van der Waals surface area contributed by atoms with Crippen LogP contribution < -0.4 is 15.4 Å². The number of benzene rings is 1. The van der Waals surface area contributed by atoms with Gasteiger partial charge in [0.25, 0.3) is 0 Å². The number of amides is 3. The molecule has 0 radical (unpaired) electrons. The zero-order chi connectivity index (χ0) is 27.1. The van der Waals surface area contributed by atoms with E-state index in [9.17, 15) is 14.4 Å². The van der Waals surface area contributed by atoms with E-state index in [4.69, 9.17) is 14.2 Å². The van der Waals surface area contributed by atoms with Crippen molar-refractivity contribution in [2.75, 3.05) is 25.1 Å². The Balaban J connectivity index is 1.26. The molecule has 4 aliphatic heterocycles. The lowest BCUT2D eigenvalue weighted by Crippen LogP contribution is -2.58. The van der Waals surface area contributed by atoms with Crippen LogP contribution in [0.1, 0.15) is 52.4 Å². The van der Waals surface area contributed by atoms with Crippen LogP contribution in [0.3, 0.4) is 0 Å². The molecule has 6 rings (SSSR count). The molecule has 2 bridgehead atoms. The molecule has 1 aromatic carbocycles. The van der Waals surface area contributed by atoms with Crippen LogP contribution in [0.5, 0.6) is 5.75 Å². The van der Waals surface area contributed by atoms with E-state index < -0.39 is 29.6 Å². The topological polar surface area (TPSA) is 106 Å².